The fourth-order valence-electron chi connectivity index (χ4n) is 1.73. The van der Waals surface area contributed by atoms with E-state index in [9.17, 15) is 5.11 Å². The van der Waals surface area contributed by atoms with Crippen LogP contribution in [0.5, 0.6) is 0 Å². The normalized spacial score (nSPS) is 21.1. The number of rotatable bonds is 4. The molecular weight excluding hydrogens is 202 g/mol. The summed E-state index contributed by atoms with van der Waals surface area (Å²) in [6.07, 6.45) is 2.10. The molecule has 1 heterocycles. The lowest BCUT2D eigenvalue weighted by Crippen LogP contribution is -2.25. The van der Waals surface area contributed by atoms with Gasteiger partial charge in [0.05, 0.1) is 11.8 Å². The Balaban J connectivity index is 2.00. The maximum Gasteiger partial charge on any atom is 0.159 e. The highest BCUT2D eigenvalue weighted by Crippen LogP contribution is 2.20. The molecule has 1 aromatic carbocycles. The molecule has 0 saturated carbocycles. The third-order valence-corrected chi connectivity index (χ3v) is 2.64. The average Bonchev–Trinajstić information content (AvgIpc) is 2.80. The molecule has 0 fully saturated rings. The summed E-state index contributed by atoms with van der Waals surface area (Å²) in [5, 5.41) is 13.8. The summed E-state index contributed by atoms with van der Waals surface area (Å²) < 4.78 is 0. The zero-order valence-electron chi connectivity index (χ0n) is 9.04. The summed E-state index contributed by atoms with van der Waals surface area (Å²) in [4.78, 5) is 5.22. The Kier molecular flexibility index (Phi) is 3.37. The third-order valence-electron chi connectivity index (χ3n) is 2.64. The van der Waals surface area contributed by atoms with Gasteiger partial charge in [-0.2, -0.15) is 0 Å². The topological polar surface area (TPSA) is 41.8 Å². The summed E-state index contributed by atoms with van der Waals surface area (Å²) in [6, 6.07) is 9.87. The lowest BCUT2D eigenvalue weighted by atomic mass is 10.0. The zero-order valence-corrected chi connectivity index (χ0v) is 9.04. The molecule has 0 aliphatic carbocycles. The van der Waals surface area contributed by atoms with Gasteiger partial charge in [-0.1, -0.05) is 41.6 Å². The highest BCUT2D eigenvalue weighted by molar-refractivity contribution is 6.01. The zero-order chi connectivity index (χ0) is 11.4. The van der Waals surface area contributed by atoms with Crippen LogP contribution in [0.15, 0.2) is 48.1 Å². The molecule has 0 unspecified atom stereocenters. The van der Waals surface area contributed by atoms with Crippen molar-refractivity contribution in [3.05, 3.63) is 48.6 Å². The van der Waals surface area contributed by atoms with Crippen molar-refractivity contribution in [1.29, 1.82) is 0 Å². The van der Waals surface area contributed by atoms with Crippen LogP contribution in [-0.2, 0) is 4.84 Å². The van der Waals surface area contributed by atoms with Gasteiger partial charge in [-0.15, -0.1) is 6.58 Å². The van der Waals surface area contributed by atoms with Crippen molar-refractivity contribution in [1.82, 2.24) is 0 Å². The number of aliphatic hydroxyl groups excluding tert-OH is 1. The van der Waals surface area contributed by atoms with E-state index in [1.165, 1.54) is 0 Å². The number of hydrogen-bond donors (Lipinski definition) is 1. The lowest BCUT2D eigenvalue weighted by Gasteiger charge is -2.13. The molecule has 0 amide bonds. The molecule has 3 nitrogen and oxygen atoms in total. The van der Waals surface area contributed by atoms with Crippen molar-refractivity contribution >= 4 is 5.71 Å². The summed E-state index contributed by atoms with van der Waals surface area (Å²) in [5.74, 6) is 0. The number of benzene rings is 1. The van der Waals surface area contributed by atoms with Gasteiger partial charge in [0.25, 0.3) is 0 Å². The molecule has 0 bridgehead atoms. The van der Waals surface area contributed by atoms with Crippen LogP contribution in [0.25, 0.3) is 0 Å². The SMILES string of the molecule is C=CC[C@H](O)[C@H]1CC(c2ccccc2)=NO1. The van der Waals surface area contributed by atoms with E-state index in [0.717, 1.165) is 11.3 Å². The molecule has 1 N–H and O–H groups in total. The van der Waals surface area contributed by atoms with E-state index < -0.39 is 6.10 Å². The Bertz CT molecular complexity index is 386. The van der Waals surface area contributed by atoms with Gasteiger partial charge in [0, 0.05) is 6.42 Å². The minimum atomic E-state index is -0.525. The largest absolute Gasteiger partial charge is 0.389 e. The smallest absolute Gasteiger partial charge is 0.159 e. The maximum absolute atomic E-state index is 9.74. The minimum Gasteiger partial charge on any atom is -0.389 e. The summed E-state index contributed by atoms with van der Waals surface area (Å²) in [7, 11) is 0. The molecule has 2 atom stereocenters. The van der Waals surface area contributed by atoms with E-state index in [4.69, 9.17) is 4.84 Å². The predicted molar refractivity (Wildman–Crippen MR) is 63.3 cm³/mol. The minimum absolute atomic E-state index is 0.242. The highest BCUT2D eigenvalue weighted by Gasteiger charge is 2.27. The van der Waals surface area contributed by atoms with Gasteiger partial charge in [-0.25, -0.2) is 0 Å². The summed E-state index contributed by atoms with van der Waals surface area (Å²) in [6.45, 7) is 3.60. The molecule has 0 aromatic heterocycles. The molecule has 0 saturated heterocycles. The highest BCUT2D eigenvalue weighted by atomic mass is 16.7. The van der Waals surface area contributed by atoms with Gasteiger partial charge in [0.2, 0.25) is 0 Å². The first kappa shape index (κ1) is 10.9. The summed E-state index contributed by atoms with van der Waals surface area (Å²) >= 11 is 0. The number of hydrogen-bond acceptors (Lipinski definition) is 3. The van der Waals surface area contributed by atoms with E-state index in [0.29, 0.717) is 12.8 Å². The lowest BCUT2D eigenvalue weighted by molar-refractivity contribution is -0.0151. The molecular formula is C13H15NO2. The van der Waals surface area contributed by atoms with Crippen molar-refractivity contribution in [3.63, 3.8) is 0 Å². The Morgan fingerprint density at radius 2 is 2.25 bits per heavy atom. The van der Waals surface area contributed by atoms with Gasteiger partial charge in [0.15, 0.2) is 6.10 Å². The van der Waals surface area contributed by atoms with Crippen LogP contribution < -0.4 is 0 Å². The van der Waals surface area contributed by atoms with E-state index in [1.807, 2.05) is 30.3 Å². The Morgan fingerprint density at radius 1 is 1.50 bits per heavy atom. The fraction of sp³-hybridized carbons (Fsp3) is 0.308. The van der Waals surface area contributed by atoms with Crippen LogP contribution in [0.1, 0.15) is 18.4 Å². The van der Waals surface area contributed by atoms with Gasteiger partial charge in [0.1, 0.15) is 0 Å². The second-order valence-electron chi connectivity index (χ2n) is 3.84. The standard InChI is InChI=1S/C13H15NO2/c1-2-6-12(15)13-9-11(14-16-13)10-7-4-3-5-8-10/h2-5,7-8,12-13,15H,1,6,9H2/t12-,13+/m0/s1. The molecule has 16 heavy (non-hydrogen) atoms. The van der Waals surface area contributed by atoms with E-state index in [-0.39, 0.29) is 6.10 Å². The van der Waals surface area contributed by atoms with Gasteiger partial charge >= 0.3 is 0 Å². The van der Waals surface area contributed by atoms with E-state index in [1.54, 1.807) is 6.08 Å². The molecule has 1 aliphatic heterocycles. The van der Waals surface area contributed by atoms with Gasteiger partial charge in [-0.3, -0.25) is 0 Å². The molecule has 0 radical (unpaired) electrons. The van der Waals surface area contributed by atoms with Crippen LogP contribution in [0, 0.1) is 0 Å². The number of nitrogens with zero attached hydrogens (tertiary/aromatic N) is 1. The Labute approximate surface area is 95.0 Å². The molecule has 1 aliphatic rings. The first-order valence-electron chi connectivity index (χ1n) is 5.38. The molecule has 1 aromatic rings. The summed E-state index contributed by atoms with van der Waals surface area (Å²) in [5.41, 5.74) is 1.95. The van der Waals surface area contributed by atoms with Crippen LogP contribution in [0.3, 0.4) is 0 Å². The van der Waals surface area contributed by atoms with Crippen molar-refractivity contribution in [2.45, 2.75) is 25.0 Å². The van der Waals surface area contributed by atoms with Crippen LogP contribution in [-0.4, -0.2) is 23.0 Å². The second kappa shape index (κ2) is 4.94. The third kappa shape index (κ3) is 2.31. The van der Waals surface area contributed by atoms with Crippen LogP contribution in [0.4, 0.5) is 0 Å². The van der Waals surface area contributed by atoms with Gasteiger partial charge in [-0.05, 0) is 12.0 Å². The first-order valence-corrected chi connectivity index (χ1v) is 5.38. The predicted octanol–water partition coefficient (Wildman–Crippen LogP) is 2.12. The van der Waals surface area contributed by atoms with Crippen LogP contribution in [0.2, 0.25) is 0 Å². The molecule has 3 heteroatoms. The Morgan fingerprint density at radius 3 is 2.94 bits per heavy atom. The van der Waals surface area contributed by atoms with Crippen molar-refractivity contribution in [3.8, 4) is 0 Å². The van der Waals surface area contributed by atoms with Crippen molar-refractivity contribution < 1.29 is 9.94 Å². The molecule has 84 valence electrons. The van der Waals surface area contributed by atoms with Crippen molar-refractivity contribution in [2.75, 3.05) is 0 Å². The number of aliphatic hydroxyl groups is 1. The maximum atomic E-state index is 9.74. The van der Waals surface area contributed by atoms with Gasteiger partial charge < -0.3 is 9.94 Å². The molecule has 0 spiro atoms. The Hall–Kier alpha value is -1.61. The first-order chi connectivity index (χ1) is 7.81. The second-order valence-corrected chi connectivity index (χ2v) is 3.84. The van der Waals surface area contributed by atoms with Crippen molar-refractivity contribution in [2.24, 2.45) is 5.16 Å². The average molecular weight is 217 g/mol. The molecule has 2 rings (SSSR count). The van der Waals surface area contributed by atoms with Crippen LogP contribution >= 0.6 is 0 Å². The number of oxime groups is 1. The quantitative estimate of drug-likeness (QED) is 0.785. The van der Waals surface area contributed by atoms with E-state index in [2.05, 4.69) is 11.7 Å². The fourth-order valence-corrected chi connectivity index (χ4v) is 1.73. The van der Waals surface area contributed by atoms with E-state index >= 15 is 0 Å². The monoisotopic (exact) mass is 217 g/mol.